The molecule has 3 aromatic heterocycles. The summed E-state index contributed by atoms with van der Waals surface area (Å²) in [6, 6.07) is 7.84. The summed E-state index contributed by atoms with van der Waals surface area (Å²) in [4.78, 5) is 12.4. The fraction of sp³-hybridized carbons (Fsp3) is 0.158. The van der Waals surface area contributed by atoms with E-state index < -0.39 is 5.91 Å². The number of carbonyl (C=O) groups is 1. The predicted octanol–water partition coefficient (Wildman–Crippen LogP) is 3.19. The molecule has 4 aromatic rings. The number of amides is 1. The Kier molecular flexibility index (Phi) is 4.71. The van der Waals surface area contributed by atoms with Gasteiger partial charge < -0.3 is 9.84 Å². The minimum Gasteiger partial charge on any atom is -0.355 e. The third-order valence-corrected chi connectivity index (χ3v) is 4.11. The van der Waals surface area contributed by atoms with E-state index in [1.807, 2.05) is 13.1 Å². The van der Waals surface area contributed by atoms with E-state index in [-0.39, 0.29) is 11.5 Å². The Balaban J connectivity index is 1.42. The minimum absolute atomic E-state index is 0.150. The van der Waals surface area contributed by atoms with E-state index in [0.29, 0.717) is 18.0 Å². The van der Waals surface area contributed by atoms with Crippen LogP contribution in [0.2, 0.25) is 0 Å². The molecule has 9 heteroatoms. The third-order valence-electron chi connectivity index (χ3n) is 4.11. The van der Waals surface area contributed by atoms with Gasteiger partial charge in [0.05, 0.1) is 30.2 Å². The van der Waals surface area contributed by atoms with Gasteiger partial charge in [0.2, 0.25) is 0 Å². The predicted molar refractivity (Wildman–Crippen MR) is 99.1 cm³/mol. The van der Waals surface area contributed by atoms with Gasteiger partial charge in [-0.1, -0.05) is 17.3 Å². The van der Waals surface area contributed by atoms with Gasteiger partial charge in [0.1, 0.15) is 5.82 Å². The molecule has 142 valence electrons. The first-order valence-corrected chi connectivity index (χ1v) is 8.68. The molecule has 0 radical (unpaired) electrons. The summed E-state index contributed by atoms with van der Waals surface area (Å²) >= 11 is 0. The van der Waals surface area contributed by atoms with E-state index in [9.17, 15) is 9.18 Å². The third kappa shape index (κ3) is 3.83. The number of hydrogen-bond donors (Lipinski definition) is 1. The number of nitrogens with one attached hydrogen (secondary N) is 1. The van der Waals surface area contributed by atoms with E-state index >= 15 is 0 Å². The van der Waals surface area contributed by atoms with Gasteiger partial charge in [-0.15, -0.1) is 0 Å². The van der Waals surface area contributed by atoms with E-state index in [4.69, 9.17) is 4.52 Å². The number of aryl methyl sites for hydroxylation is 1. The molecule has 0 spiro atoms. The Labute approximate surface area is 159 Å². The molecule has 0 saturated heterocycles. The summed E-state index contributed by atoms with van der Waals surface area (Å²) in [5, 5.41) is 14.9. The molecule has 1 N–H and O–H groups in total. The van der Waals surface area contributed by atoms with Crippen LogP contribution < -0.4 is 5.32 Å². The van der Waals surface area contributed by atoms with Crippen LogP contribution in [0.3, 0.4) is 0 Å². The van der Waals surface area contributed by atoms with Crippen LogP contribution in [0.4, 0.5) is 10.1 Å². The quantitative estimate of drug-likeness (QED) is 0.555. The first-order valence-electron chi connectivity index (χ1n) is 8.68. The summed E-state index contributed by atoms with van der Waals surface area (Å²) in [5.74, 6) is -0.251. The van der Waals surface area contributed by atoms with Crippen molar-refractivity contribution < 1.29 is 13.7 Å². The first kappa shape index (κ1) is 17.7. The Morgan fingerprint density at radius 1 is 1.18 bits per heavy atom. The molecular weight excluding hydrogens is 363 g/mol. The number of hydrogen-bond acceptors (Lipinski definition) is 5. The van der Waals surface area contributed by atoms with Crippen LogP contribution in [-0.2, 0) is 13.1 Å². The topological polar surface area (TPSA) is 90.8 Å². The molecule has 4 rings (SSSR count). The average molecular weight is 380 g/mol. The maximum atomic E-state index is 13.3. The number of rotatable bonds is 6. The highest BCUT2D eigenvalue weighted by Crippen LogP contribution is 2.20. The summed E-state index contributed by atoms with van der Waals surface area (Å²) in [5.41, 5.74) is 2.17. The number of benzene rings is 1. The molecule has 0 aliphatic heterocycles. The highest BCUT2D eigenvalue weighted by Gasteiger charge is 2.15. The van der Waals surface area contributed by atoms with Crippen LogP contribution in [-0.4, -0.2) is 30.6 Å². The lowest BCUT2D eigenvalue weighted by atomic mass is 10.2. The highest BCUT2D eigenvalue weighted by atomic mass is 19.1. The van der Waals surface area contributed by atoms with Crippen molar-refractivity contribution in [1.82, 2.24) is 24.7 Å². The molecule has 0 unspecified atom stereocenters. The minimum atomic E-state index is -0.414. The van der Waals surface area contributed by atoms with Gasteiger partial charge in [-0.25, -0.2) is 4.39 Å². The largest absolute Gasteiger partial charge is 0.355 e. The zero-order valence-electron chi connectivity index (χ0n) is 15.0. The fourth-order valence-corrected chi connectivity index (χ4v) is 2.71. The lowest BCUT2D eigenvalue weighted by Crippen LogP contribution is -2.11. The van der Waals surface area contributed by atoms with Crippen LogP contribution in [0.15, 0.2) is 59.6 Å². The SMILES string of the molecule is CCn1cc(-c2cc(C(=O)Nc3cnn(Cc4cccc(F)c4)c3)no2)cn1. The van der Waals surface area contributed by atoms with Gasteiger partial charge in [-0.05, 0) is 24.6 Å². The van der Waals surface area contributed by atoms with E-state index in [1.54, 1.807) is 40.0 Å². The number of aromatic nitrogens is 5. The van der Waals surface area contributed by atoms with Crippen LogP contribution in [0.1, 0.15) is 23.0 Å². The van der Waals surface area contributed by atoms with Gasteiger partial charge >= 0.3 is 0 Å². The van der Waals surface area contributed by atoms with Crippen molar-refractivity contribution in [3.05, 3.63) is 72.2 Å². The number of nitrogens with zero attached hydrogens (tertiary/aromatic N) is 5. The molecule has 0 atom stereocenters. The normalized spacial score (nSPS) is 10.9. The highest BCUT2D eigenvalue weighted by molar-refractivity contribution is 6.03. The van der Waals surface area contributed by atoms with Gasteiger partial charge in [-0.2, -0.15) is 10.2 Å². The maximum absolute atomic E-state index is 13.3. The van der Waals surface area contributed by atoms with Crippen molar-refractivity contribution in [2.45, 2.75) is 20.0 Å². The molecule has 0 aliphatic carbocycles. The smallest absolute Gasteiger partial charge is 0.277 e. The second-order valence-electron chi connectivity index (χ2n) is 6.17. The van der Waals surface area contributed by atoms with Crippen LogP contribution >= 0.6 is 0 Å². The molecule has 0 saturated carbocycles. The molecule has 0 bridgehead atoms. The van der Waals surface area contributed by atoms with Gasteiger partial charge in [0, 0.05) is 25.0 Å². The maximum Gasteiger partial charge on any atom is 0.277 e. The van der Waals surface area contributed by atoms with E-state index in [2.05, 4.69) is 20.7 Å². The second kappa shape index (κ2) is 7.47. The Hall–Kier alpha value is -3.75. The molecule has 1 aromatic carbocycles. The van der Waals surface area contributed by atoms with E-state index in [1.165, 1.54) is 18.3 Å². The zero-order valence-corrected chi connectivity index (χ0v) is 15.0. The standard InChI is InChI=1S/C19H17FN6O2/c1-2-25-11-14(8-21-25)18-7-17(24-28-18)19(27)23-16-9-22-26(12-16)10-13-4-3-5-15(20)6-13/h3-9,11-12H,2,10H2,1H3,(H,23,27). The van der Waals surface area contributed by atoms with Crippen molar-refractivity contribution in [2.24, 2.45) is 0 Å². The van der Waals surface area contributed by atoms with Crippen LogP contribution in [0.25, 0.3) is 11.3 Å². The number of carbonyl (C=O) groups excluding carboxylic acids is 1. The van der Waals surface area contributed by atoms with E-state index in [0.717, 1.165) is 17.7 Å². The van der Waals surface area contributed by atoms with Crippen molar-refractivity contribution in [3.63, 3.8) is 0 Å². The number of halogens is 1. The lowest BCUT2D eigenvalue weighted by molar-refractivity contribution is 0.101. The molecular formula is C19H17FN6O2. The first-order chi connectivity index (χ1) is 13.6. The van der Waals surface area contributed by atoms with Gasteiger partial charge in [0.15, 0.2) is 11.5 Å². The Bertz CT molecular complexity index is 1110. The average Bonchev–Trinajstić information content (AvgIpc) is 3.42. The number of anilines is 1. The Morgan fingerprint density at radius 3 is 2.82 bits per heavy atom. The molecule has 3 heterocycles. The monoisotopic (exact) mass is 380 g/mol. The second-order valence-corrected chi connectivity index (χ2v) is 6.17. The molecule has 0 fully saturated rings. The summed E-state index contributed by atoms with van der Waals surface area (Å²) in [6.45, 7) is 3.11. The zero-order chi connectivity index (χ0) is 19.5. The molecule has 28 heavy (non-hydrogen) atoms. The molecule has 0 aliphatic rings. The van der Waals surface area contributed by atoms with Crippen LogP contribution in [0, 0.1) is 5.82 Å². The summed E-state index contributed by atoms with van der Waals surface area (Å²) < 4.78 is 21.9. The van der Waals surface area contributed by atoms with Gasteiger partial charge in [-0.3, -0.25) is 14.2 Å². The molecule has 1 amide bonds. The summed E-state index contributed by atoms with van der Waals surface area (Å²) in [6.07, 6.45) is 6.65. The van der Waals surface area contributed by atoms with Crippen molar-refractivity contribution in [2.75, 3.05) is 5.32 Å². The molecule has 8 nitrogen and oxygen atoms in total. The van der Waals surface area contributed by atoms with Gasteiger partial charge in [0.25, 0.3) is 5.91 Å². The summed E-state index contributed by atoms with van der Waals surface area (Å²) in [7, 11) is 0. The van der Waals surface area contributed by atoms with Crippen molar-refractivity contribution in [3.8, 4) is 11.3 Å². The van der Waals surface area contributed by atoms with Crippen molar-refractivity contribution in [1.29, 1.82) is 0 Å². The van der Waals surface area contributed by atoms with Crippen LogP contribution in [0.5, 0.6) is 0 Å². The fourth-order valence-electron chi connectivity index (χ4n) is 2.71. The Morgan fingerprint density at radius 2 is 2.04 bits per heavy atom. The van der Waals surface area contributed by atoms with Crippen molar-refractivity contribution >= 4 is 11.6 Å². The lowest BCUT2D eigenvalue weighted by Gasteiger charge is -2.01.